The molecule has 0 bridgehead atoms. The van der Waals surface area contributed by atoms with Gasteiger partial charge in [-0.15, -0.1) is 0 Å². The molecule has 2 heterocycles. The van der Waals surface area contributed by atoms with Gasteiger partial charge in [-0.2, -0.15) is 0 Å². The van der Waals surface area contributed by atoms with E-state index in [4.69, 9.17) is 9.84 Å². The first kappa shape index (κ1) is 26.2. The number of aliphatic hydroxyl groups is 1. The van der Waals surface area contributed by atoms with Crippen molar-refractivity contribution in [3.63, 3.8) is 0 Å². The summed E-state index contributed by atoms with van der Waals surface area (Å²) in [6.07, 6.45) is 10.00. The molecule has 3 aromatic rings. The van der Waals surface area contributed by atoms with Crippen molar-refractivity contribution in [1.29, 1.82) is 0 Å². The molecule has 10 heteroatoms. The fraction of sp³-hybridized carbons (Fsp3) is 0.483. The smallest absolute Gasteiger partial charge is 0.257 e. The van der Waals surface area contributed by atoms with Crippen molar-refractivity contribution in [2.75, 3.05) is 36.5 Å². The van der Waals surface area contributed by atoms with Gasteiger partial charge in [0, 0.05) is 50.0 Å². The number of benzene rings is 2. The van der Waals surface area contributed by atoms with Crippen LogP contribution in [0.1, 0.15) is 55.3 Å². The number of carbonyl (C=O) groups is 1. The summed E-state index contributed by atoms with van der Waals surface area (Å²) in [7, 11) is -1.84. The predicted molar refractivity (Wildman–Crippen MR) is 151 cm³/mol. The molecule has 3 aliphatic rings. The molecular weight excluding hydrogens is 516 g/mol. The minimum atomic E-state index is -3.82. The number of aryl methyl sites for hydroxylation is 1. The van der Waals surface area contributed by atoms with Crippen molar-refractivity contribution in [1.82, 2.24) is 9.29 Å². The second-order valence-electron chi connectivity index (χ2n) is 11.3. The summed E-state index contributed by atoms with van der Waals surface area (Å²) in [5.74, 6) is 0.455. The van der Waals surface area contributed by atoms with Crippen LogP contribution in [0.2, 0.25) is 0 Å². The number of amides is 1. The molecule has 1 spiro atoms. The molecule has 0 atom stereocenters. The fourth-order valence-corrected chi connectivity index (χ4v) is 6.76. The summed E-state index contributed by atoms with van der Waals surface area (Å²) in [4.78, 5) is 15.9. The number of fused-ring (bicyclic) bond motifs is 1. The van der Waals surface area contributed by atoms with E-state index < -0.39 is 10.0 Å². The molecule has 3 fully saturated rings. The molecule has 1 amide bonds. The lowest BCUT2D eigenvalue weighted by Crippen LogP contribution is -2.36. The number of hydrogen-bond donors (Lipinski definition) is 3. The average molecular weight is 553 g/mol. The van der Waals surface area contributed by atoms with Gasteiger partial charge >= 0.3 is 0 Å². The van der Waals surface area contributed by atoms with E-state index in [0.717, 1.165) is 55.4 Å². The Kier molecular flexibility index (Phi) is 6.81. The first-order valence-corrected chi connectivity index (χ1v) is 15.3. The van der Waals surface area contributed by atoms with Gasteiger partial charge in [0.25, 0.3) is 5.91 Å². The molecule has 0 unspecified atom stereocenters. The third-order valence-corrected chi connectivity index (χ3v) is 10.0. The summed E-state index contributed by atoms with van der Waals surface area (Å²) in [5.41, 5.74) is 3.11. The van der Waals surface area contributed by atoms with Crippen LogP contribution in [-0.4, -0.2) is 56.3 Å². The minimum absolute atomic E-state index is 0.0701. The summed E-state index contributed by atoms with van der Waals surface area (Å²) in [6.45, 7) is 1.20. The van der Waals surface area contributed by atoms with Crippen molar-refractivity contribution >= 4 is 38.2 Å². The third-order valence-electron chi connectivity index (χ3n) is 8.59. The zero-order valence-corrected chi connectivity index (χ0v) is 23.1. The number of sulfonamides is 1. The van der Waals surface area contributed by atoms with Gasteiger partial charge in [-0.3, -0.25) is 4.79 Å². The van der Waals surface area contributed by atoms with Gasteiger partial charge in [-0.25, -0.2) is 13.1 Å². The van der Waals surface area contributed by atoms with Gasteiger partial charge in [-0.05, 0) is 80.7 Å². The number of nitrogens with zero attached hydrogens (tertiary/aromatic N) is 2. The largest absolute Gasteiger partial charge is 0.488 e. The van der Waals surface area contributed by atoms with Crippen LogP contribution in [0, 0.1) is 5.41 Å². The van der Waals surface area contributed by atoms with E-state index in [-0.39, 0.29) is 30.1 Å². The van der Waals surface area contributed by atoms with E-state index in [1.807, 2.05) is 36.0 Å². The average Bonchev–Trinajstić information content (AvgIpc) is 3.55. The molecule has 3 N–H and O–H groups in total. The second kappa shape index (κ2) is 10.1. The standard InChI is InChI=1S/C29H36N4O5S/c1-32-13-7-20-17-21(18-26(27(20)32)38-22-3-2-4-22)31-28(35)24-6-5-23(39(36,37)30-12-16-34)19-25(24)33-14-10-29(8-9-29)11-15-33/h5-7,13,17-19,22,30,34H,2-4,8-12,14-16H2,1H3,(H,31,35). The van der Waals surface area contributed by atoms with E-state index in [1.54, 1.807) is 12.1 Å². The minimum Gasteiger partial charge on any atom is -0.488 e. The molecule has 1 aromatic heterocycles. The van der Waals surface area contributed by atoms with Crippen LogP contribution >= 0.6 is 0 Å². The van der Waals surface area contributed by atoms with Crippen molar-refractivity contribution in [2.24, 2.45) is 12.5 Å². The number of piperidine rings is 1. The van der Waals surface area contributed by atoms with Crippen LogP contribution in [0.3, 0.4) is 0 Å². The van der Waals surface area contributed by atoms with Gasteiger partial charge < -0.3 is 24.6 Å². The molecule has 2 saturated carbocycles. The van der Waals surface area contributed by atoms with E-state index in [1.165, 1.54) is 25.3 Å². The number of aromatic nitrogens is 1. The zero-order valence-electron chi connectivity index (χ0n) is 22.3. The second-order valence-corrected chi connectivity index (χ2v) is 13.0. The normalized spacial score (nSPS) is 18.8. The highest BCUT2D eigenvalue weighted by atomic mass is 32.2. The Hall–Kier alpha value is -3.08. The molecule has 2 aromatic carbocycles. The van der Waals surface area contributed by atoms with Crippen molar-refractivity contribution in [3.05, 3.63) is 48.2 Å². The van der Waals surface area contributed by atoms with Crippen molar-refractivity contribution in [2.45, 2.75) is 55.9 Å². The Bertz CT molecular complexity index is 1500. The Morgan fingerprint density at radius 3 is 2.54 bits per heavy atom. The Balaban J connectivity index is 1.31. The van der Waals surface area contributed by atoms with Crippen molar-refractivity contribution < 1.29 is 23.1 Å². The highest BCUT2D eigenvalue weighted by Gasteiger charge is 2.44. The van der Waals surface area contributed by atoms with Crippen LogP contribution in [0.5, 0.6) is 5.75 Å². The lowest BCUT2D eigenvalue weighted by Gasteiger charge is -2.35. The zero-order chi connectivity index (χ0) is 27.2. The third kappa shape index (κ3) is 5.25. The van der Waals surface area contributed by atoms with Crippen LogP contribution < -0.4 is 19.7 Å². The number of rotatable bonds is 9. The summed E-state index contributed by atoms with van der Waals surface area (Å²) in [6, 6.07) is 10.5. The van der Waals surface area contributed by atoms with E-state index in [0.29, 0.717) is 22.4 Å². The quantitative estimate of drug-likeness (QED) is 0.370. The summed E-state index contributed by atoms with van der Waals surface area (Å²) < 4.78 is 36.4. The maximum Gasteiger partial charge on any atom is 0.257 e. The van der Waals surface area contributed by atoms with Crippen LogP contribution in [0.25, 0.3) is 10.9 Å². The molecule has 208 valence electrons. The Morgan fingerprint density at radius 1 is 1.10 bits per heavy atom. The molecule has 0 radical (unpaired) electrons. The first-order valence-electron chi connectivity index (χ1n) is 13.8. The monoisotopic (exact) mass is 552 g/mol. The van der Waals surface area contributed by atoms with E-state index >= 15 is 0 Å². The van der Waals surface area contributed by atoms with Crippen LogP contribution in [0.15, 0.2) is 47.5 Å². The number of anilines is 2. The van der Waals surface area contributed by atoms with Gasteiger partial charge in [0.2, 0.25) is 10.0 Å². The molecule has 39 heavy (non-hydrogen) atoms. The molecule has 2 aliphatic carbocycles. The summed E-state index contributed by atoms with van der Waals surface area (Å²) in [5, 5.41) is 13.1. The van der Waals surface area contributed by atoms with Gasteiger partial charge in [-0.1, -0.05) is 0 Å². The number of nitrogens with one attached hydrogen (secondary N) is 2. The van der Waals surface area contributed by atoms with E-state index in [2.05, 4.69) is 14.9 Å². The van der Waals surface area contributed by atoms with Crippen molar-refractivity contribution in [3.8, 4) is 5.75 Å². The van der Waals surface area contributed by atoms with Gasteiger partial charge in [0.1, 0.15) is 5.75 Å². The lowest BCUT2D eigenvalue weighted by atomic mass is 9.93. The molecule has 6 rings (SSSR count). The SMILES string of the molecule is Cn1ccc2cc(NC(=O)c3ccc(S(=O)(=O)NCCO)cc3N3CCC4(CC3)CC4)cc(OC3CCC3)c21. The number of aliphatic hydroxyl groups excluding tert-OH is 1. The maximum absolute atomic E-state index is 13.7. The fourth-order valence-electron chi connectivity index (χ4n) is 5.72. The van der Waals surface area contributed by atoms with Gasteiger partial charge in [0.05, 0.1) is 34.4 Å². The Labute approximate surface area is 229 Å². The molecule has 9 nitrogen and oxygen atoms in total. The van der Waals surface area contributed by atoms with Gasteiger partial charge in [0.15, 0.2) is 0 Å². The number of hydrogen-bond acceptors (Lipinski definition) is 6. The lowest BCUT2D eigenvalue weighted by molar-refractivity contribution is 0.102. The summed E-state index contributed by atoms with van der Waals surface area (Å²) >= 11 is 0. The highest BCUT2D eigenvalue weighted by molar-refractivity contribution is 7.89. The van der Waals surface area contributed by atoms with Crippen LogP contribution in [-0.2, 0) is 17.1 Å². The highest BCUT2D eigenvalue weighted by Crippen LogP contribution is 2.54. The Morgan fingerprint density at radius 2 is 1.87 bits per heavy atom. The first-order chi connectivity index (χ1) is 18.8. The number of carbonyl (C=O) groups excluding carboxylic acids is 1. The van der Waals surface area contributed by atoms with E-state index in [9.17, 15) is 13.2 Å². The van der Waals surface area contributed by atoms with Crippen LogP contribution in [0.4, 0.5) is 11.4 Å². The molecular formula is C29H36N4O5S. The molecule has 1 saturated heterocycles. The topological polar surface area (TPSA) is 113 Å². The number of ether oxygens (including phenoxy) is 1. The predicted octanol–water partition coefficient (Wildman–Crippen LogP) is 4.01. The maximum atomic E-state index is 13.7. The molecule has 1 aliphatic heterocycles.